The van der Waals surface area contributed by atoms with Crippen LogP contribution in [0.1, 0.15) is 25.3 Å². The van der Waals surface area contributed by atoms with Crippen molar-refractivity contribution in [2.24, 2.45) is 0 Å². The molecule has 2 aromatic carbocycles. The Bertz CT molecular complexity index is 571. The summed E-state index contributed by atoms with van der Waals surface area (Å²) in [6.07, 6.45) is 2.34. The molecular weight excluding hydrogens is 300 g/mol. The van der Waals surface area contributed by atoms with Crippen molar-refractivity contribution in [1.29, 1.82) is 0 Å². The van der Waals surface area contributed by atoms with E-state index in [0.717, 1.165) is 21.1 Å². The van der Waals surface area contributed by atoms with Gasteiger partial charge in [0.2, 0.25) is 0 Å². The average Bonchev–Trinajstić information content (AvgIpc) is 2.38. The van der Waals surface area contributed by atoms with Gasteiger partial charge in [0.05, 0.1) is 0 Å². The van der Waals surface area contributed by atoms with E-state index in [4.69, 9.17) is 0 Å². The minimum atomic E-state index is 0.135. The lowest BCUT2D eigenvalue weighted by atomic mass is 9.89. The maximum Gasteiger partial charge on any atom is 0.0225 e. The minimum absolute atomic E-state index is 0.135. The normalized spacial score (nSPS) is 14.6. The van der Waals surface area contributed by atoms with Gasteiger partial charge in [0.25, 0.3) is 0 Å². The van der Waals surface area contributed by atoms with Gasteiger partial charge >= 0.3 is 0 Å². The molecule has 0 N–H and O–H groups in total. The maximum absolute atomic E-state index is 4.18. The zero-order valence-electron chi connectivity index (χ0n) is 11.0. The maximum atomic E-state index is 4.18. The Morgan fingerprint density at radius 1 is 1.22 bits per heavy atom. The van der Waals surface area contributed by atoms with E-state index in [1.165, 1.54) is 22.8 Å². The van der Waals surface area contributed by atoms with Crippen molar-refractivity contribution in [3.8, 4) is 0 Å². The molecule has 2 rings (SSSR count). The van der Waals surface area contributed by atoms with E-state index in [-0.39, 0.29) is 5.04 Å². The van der Waals surface area contributed by atoms with Crippen molar-refractivity contribution < 1.29 is 0 Å². The number of allylic oxidation sites excluding steroid dienone is 1. The van der Waals surface area contributed by atoms with Gasteiger partial charge in [-0.25, -0.2) is 0 Å². The fraction of sp³-hybridized carbons (Fsp3) is 0.250. The van der Waals surface area contributed by atoms with Crippen molar-refractivity contribution in [1.82, 2.24) is 0 Å². The van der Waals surface area contributed by atoms with Crippen molar-refractivity contribution in [3.63, 3.8) is 0 Å². The molecule has 0 fully saturated rings. The summed E-state index contributed by atoms with van der Waals surface area (Å²) in [5.74, 6) is 0. The third kappa shape index (κ3) is 2.32. The van der Waals surface area contributed by atoms with Crippen LogP contribution in [0.15, 0.2) is 53.5 Å². The molecule has 0 aliphatic carbocycles. The summed E-state index contributed by atoms with van der Waals surface area (Å²) in [6.45, 7) is 6.42. The van der Waals surface area contributed by atoms with Crippen molar-refractivity contribution in [3.05, 3.63) is 59.1 Å². The van der Waals surface area contributed by atoms with Crippen molar-refractivity contribution in [2.45, 2.75) is 24.8 Å². The zero-order valence-corrected chi connectivity index (χ0v) is 14.6. The molecule has 2 aromatic rings. The molecule has 0 amide bonds. The summed E-state index contributed by atoms with van der Waals surface area (Å²) in [5.41, 5.74) is 1.43. The van der Waals surface area contributed by atoms with Gasteiger partial charge in [-0.3, -0.25) is 0 Å². The topological polar surface area (TPSA) is 0 Å². The summed E-state index contributed by atoms with van der Waals surface area (Å²) in [6, 6.07) is 15.2. The van der Waals surface area contributed by atoms with Crippen LogP contribution in [0.2, 0.25) is 0 Å². The molecule has 0 saturated heterocycles. The van der Waals surface area contributed by atoms with Gasteiger partial charge in [0.1, 0.15) is 0 Å². The molecule has 2 heteroatoms. The van der Waals surface area contributed by atoms with Crippen LogP contribution in [0.3, 0.4) is 0 Å². The third-order valence-electron chi connectivity index (χ3n) is 3.73. The lowest BCUT2D eigenvalue weighted by molar-refractivity contribution is 0.652. The summed E-state index contributed by atoms with van der Waals surface area (Å²) < 4.78 is 1.12. The van der Waals surface area contributed by atoms with Crippen LogP contribution in [-0.4, -0.2) is 10.2 Å². The van der Waals surface area contributed by atoms with E-state index in [1.807, 2.05) is 0 Å². The third-order valence-corrected chi connectivity index (χ3v) is 6.98. The predicted octanol–water partition coefficient (Wildman–Crippen LogP) is 4.11. The highest BCUT2D eigenvalue weighted by Crippen LogP contribution is 2.39. The Balaban J connectivity index is 2.68. The van der Waals surface area contributed by atoms with Crippen LogP contribution in [0.5, 0.6) is 0 Å². The first-order valence-electron chi connectivity index (χ1n) is 6.42. The summed E-state index contributed by atoms with van der Waals surface area (Å²) in [5, 5.41) is 2.82. The SMILES string of the molecule is C=C(Br)C([SiH3])(CCC)c1cccc2ccccc12. The average molecular weight is 319 g/mol. The molecule has 94 valence electrons. The molecule has 18 heavy (non-hydrogen) atoms. The van der Waals surface area contributed by atoms with E-state index in [2.05, 4.69) is 71.9 Å². The first-order chi connectivity index (χ1) is 8.59. The second-order valence-corrected chi connectivity index (χ2v) is 7.68. The number of benzene rings is 2. The fourth-order valence-electron chi connectivity index (χ4n) is 2.62. The predicted molar refractivity (Wildman–Crippen MR) is 88.5 cm³/mol. The van der Waals surface area contributed by atoms with Crippen LogP contribution >= 0.6 is 15.9 Å². The second-order valence-electron chi connectivity index (χ2n) is 5.01. The summed E-state index contributed by atoms with van der Waals surface area (Å²) in [7, 11) is 1.07. The Morgan fingerprint density at radius 2 is 1.89 bits per heavy atom. The minimum Gasteiger partial charge on any atom is -0.0883 e. The molecule has 0 aromatic heterocycles. The molecule has 0 bridgehead atoms. The molecule has 0 spiro atoms. The number of fused-ring (bicyclic) bond motifs is 1. The zero-order chi connectivity index (χ0) is 13.2. The standard InChI is InChI=1S/C16H19BrSi/c1-3-11-16(18,12(2)17)15-10-6-8-13-7-4-5-9-14(13)15/h4-10H,2-3,11H2,1,18H3. The van der Waals surface area contributed by atoms with Crippen LogP contribution in [0.4, 0.5) is 0 Å². The van der Waals surface area contributed by atoms with Crippen LogP contribution in [-0.2, 0) is 5.04 Å². The second kappa shape index (κ2) is 5.41. The summed E-state index contributed by atoms with van der Waals surface area (Å²) in [4.78, 5) is 0. The van der Waals surface area contributed by atoms with E-state index in [0.29, 0.717) is 0 Å². The Kier molecular flexibility index (Phi) is 4.08. The van der Waals surface area contributed by atoms with Gasteiger partial charge in [-0.2, -0.15) is 0 Å². The van der Waals surface area contributed by atoms with E-state index < -0.39 is 0 Å². The number of hydrogen-bond donors (Lipinski definition) is 0. The van der Waals surface area contributed by atoms with Gasteiger partial charge < -0.3 is 0 Å². The molecule has 0 radical (unpaired) electrons. The molecule has 1 unspecified atom stereocenters. The lowest BCUT2D eigenvalue weighted by Crippen LogP contribution is -2.26. The van der Waals surface area contributed by atoms with Gasteiger partial charge in [-0.15, -0.1) is 0 Å². The molecule has 0 aliphatic rings. The first kappa shape index (κ1) is 13.6. The van der Waals surface area contributed by atoms with E-state index in [9.17, 15) is 0 Å². The first-order valence-corrected chi connectivity index (χ1v) is 8.22. The Hall–Kier alpha value is -0.863. The molecule has 0 saturated carbocycles. The highest BCUT2D eigenvalue weighted by Gasteiger charge is 2.29. The fourth-order valence-corrected chi connectivity index (χ4v) is 3.97. The van der Waals surface area contributed by atoms with E-state index >= 15 is 0 Å². The number of hydrogen-bond acceptors (Lipinski definition) is 0. The monoisotopic (exact) mass is 318 g/mol. The Morgan fingerprint density at radius 3 is 2.56 bits per heavy atom. The van der Waals surface area contributed by atoms with Crippen LogP contribution in [0, 0.1) is 0 Å². The van der Waals surface area contributed by atoms with Crippen LogP contribution in [0.25, 0.3) is 10.8 Å². The summed E-state index contributed by atoms with van der Waals surface area (Å²) >= 11 is 3.66. The van der Waals surface area contributed by atoms with Crippen LogP contribution < -0.4 is 0 Å². The van der Waals surface area contributed by atoms with Crippen molar-refractivity contribution in [2.75, 3.05) is 0 Å². The molecule has 1 atom stereocenters. The van der Waals surface area contributed by atoms with Gasteiger partial charge in [0.15, 0.2) is 0 Å². The van der Waals surface area contributed by atoms with E-state index in [1.54, 1.807) is 0 Å². The van der Waals surface area contributed by atoms with Gasteiger partial charge in [0, 0.05) is 15.3 Å². The Labute approximate surface area is 121 Å². The largest absolute Gasteiger partial charge is 0.0883 e. The molecule has 0 aliphatic heterocycles. The number of rotatable bonds is 4. The van der Waals surface area contributed by atoms with Crippen molar-refractivity contribution >= 4 is 36.9 Å². The number of halogens is 1. The highest BCUT2D eigenvalue weighted by atomic mass is 79.9. The van der Waals surface area contributed by atoms with Gasteiger partial charge in [-0.05, 0) is 27.2 Å². The van der Waals surface area contributed by atoms with Gasteiger partial charge in [-0.1, -0.05) is 78.3 Å². The molecule has 0 nitrogen and oxygen atoms in total. The highest BCUT2D eigenvalue weighted by molar-refractivity contribution is 9.11. The molecule has 0 heterocycles. The quantitative estimate of drug-likeness (QED) is 0.744. The lowest BCUT2D eigenvalue weighted by Gasteiger charge is -2.31. The smallest absolute Gasteiger partial charge is 0.0225 e. The molecular formula is C16H19BrSi.